The highest BCUT2D eigenvalue weighted by atomic mass is 16.5. The van der Waals surface area contributed by atoms with Crippen LogP contribution in [0.15, 0.2) is 5.11 Å². The molecule has 1 rings (SSSR count). The van der Waals surface area contributed by atoms with Gasteiger partial charge in [0.15, 0.2) is 0 Å². The summed E-state index contributed by atoms with van der Waals surface area (Å²) in [6.45, 7) is -0.163. The zero-order valence-electron chi connectivity index (χ0n) is 9.25. The third-order valence-electron chi connectivity index (χ3n) is 2.80. The fourth-order valence-corrected chi connectivity index (χ4v) is 1.83. The van der Waals surface area contributed by atoms with Crippen LogP contribution in [0.2, 0.25) is 0 Å². The molecule has 98 valence electrons. The molecule has 0 aromatic rings. The summed E-state index contributed by atoms with van der Waals surface area (Å²) in [5, 5.41) is 41.0. The van der Waals surface area contributed by atoms with E-state index in [9.17, 15) is 15.3 Å². The van der Waals surface area contributed by atoms with Gasteiger partial charge in [0, 0.05) is 11.5 Å². The smallest absolute Gasteiger partial charge is 0.111 e. The fraction of sp³-hybridized carbons (Fsp3) is 1.00. The Balaban J connectivity index is 2.50. The van der Waals surface area contributed by atoms with Gasteiger partial charge in [0.1, 0.15) is 24.4 Å². The van der Waals surface area contributed by atoms with Crippen molar-refractivity contribution in [2.75, 3.05) is 13.2 Å². The molecular formula is C9H17N3O5. The van der Waals surface area contributed by atoms with Gasteiger partial charge in [0.2, 0.25) is 0 Å². The van der Waals surface area contributed by atoms with Crippen LogP contribution < -0.4 is 0 Å². The number of azide groups is 1. The van der Waals surface area contributed by atoms with E-state index in [1.807, 2.05) is 0 Å². The third-order valence-corrected chi connectivity index (χ3v) is 2.80. The molecule has 1 saturated heterocycles. The van der Waals surface area contributed by atoms with Crippen LogP contribution in [0.4, 0.5) is 0 Å². The van der Waals surface area contributed by atoms with Crippen LogP contribution in [-0.2, 0) is 4.74 Å². The standard InChI is InChI=1S/C9H17N3O5/c10-12-11-3-1-2-5-7(14)9(16)8(15)6(4-13)17-5/h5-9,13-16H,1-4H2/t5-,6+,7-,8+,9+/m1/s1. The number of hydrogen-bond donors (Lipinski definition) is 4. The average molecular weight is 247 g/mol. The topological polar surface area (TPSA) is 139 Å². The Morgan fingerprint density at radius 1 is 1.12 bits per heavy atom. The highest BCUT2D eigenvalue weighted by Gasteiger charge is 2.42. The van der Waals surface area contributed by atoms with Crippen molar-refractivity contribution in [1.82, 2.24) is 0 Å². The third kappa shape index (κ3) is 3.53. The Kier molecular flexibility index (Phi) is 5.63. The van der Waals surface area contributed by atoms with E-state index in [1.165, 1.54) is 0 Å². The molecule has 1 aliphatic rings. The van der Waals surface area contributed by atoms with Gasteiger partial charge in [-0.3, -0.25) is 0 Å². The van der Waals surface area contributed by atoms with E-state index < -0.39 is 37.1 Å². The van der Waals surface area contributed by atoms with Crippen molar-refractivity contribution in [3.63, 3.8) is 0 Å². The van der Waals surface area contributed by atoms with E-state index in [4.69, 9.17) is 15.4 Å². The van der Waals surface area contributed by atoms with E-state index in [2.05, 4.69) is 10.0 Å². The maximum atomic E-state index is 9.66. The van der Waals surface area contributed by atoms with Gasteiger partial charge in [-0.25, -0.2) is 0 Å². The first-order chi connectivity index (χ1) is 8.11. The summed E-state index contributed by atoms with van der Waals surface area (Å²) in [5.41, 5.74) is 8.08. The van der Waals surface area contributed by atoms with Gasteiger partial charge in [-0.2, -0.15) is 0 Å². The van der Waals surface area contributed by atoms with Gasteiger partial charge in [0.05, 0.1) is 12.7 Å². The van der Waals surface area contributed by atoms with E-state index in [0.29, 0.717) is 12.8 Å². The summed E-state index contributed by atoms with van der Waals surface area (Å²) < 4.78 is 5.27. The molecule has 0 aliphatic carbocycles. The molecule has 8 nitrogen and oxygen atoms in total. The molecule has 5 atom stereocenters. The molecule has 17 heavy (non-hydrogen) atoms. The summed E-state index contributed by atoms with van der Waals surface area (Å²) in [4.78, 5) is 2.59. The van der Waals surface area contributed by atoms with Crippen molar-refractivity contribution in [2.45, 2.75) is 43.4 Å². The molecule has 0 amide bonds. The number of nitrogens with zero attached hydrogens (tertiary/aromatic N) is 3. The maximum absolute atomic E-state index is 9.66. The molecule has 0 saturated carbocycles. The Bertz CT molecular complexity index is 282. The minimum Gasteiger partial charge on any atom is -0.394 e. The molecule has 0 aromatic carbocycles. The molecule has 4 N–H and O–H groups in total. The number of rotatable bonds is 5. The van der Waals surface area contributed by atoms with Crippen LogP contribution in [0.3, 0.4) is 0 Å². The average Bonchev–Trinajstić information content (AvgIpc) is 2.34. The summed E-state index contributed by atoms with van der Waals surface area (Å²) in [5.74, 6) is 0. The number of aliphatic hydroxyl groups is 4. The highest BCUT2D eigenvalue weighted by molar-refractivity contribution is 4.91. The normalized spacial score (nSPS) is 37.5. The van der Waals surface area contributed by atoms with Gasteiger partial charge in [-0.05, 0) is 18.4 Å². The predicted molar refractivity (Wildman–Crippen MR) is 57.0 cm³/mol. The minimum atomic E-state index is -1.34. The first-order valence-electron chi connectivity index (χ1n) is 5.43. The Morgan fingerprint density at radius 3 is 2.35 bits per heavy atom. The quantitative estimate of drug-likeness (QED) is 0.212. The SMILES string of the molecule is [N-]=[N+]=NCCC[C@H]1O[C@@H](CO)[C@H](O)[C@@H](O)[C@@H]1O. The van der Waals surface area contributed by atoms with E-state index in [-0.39, 0.29) is 6.54 Å². The molecule has 0 radical (unpaired) electrons. The first kappa shape index (κ1) is 14.2. The first-order valence-corrected chi connectivity index (χ1v) is 5.43. The molecule has 1 fully saturated rings. The van der Waals surface area contributed by atoms with Crippen LogP contribution in [0, 0.1) is 0 Å². The van der Waals surface area contributed by atoms with Crippen molar-refractivity contribution in [2.24, 2.45) is 5.11 Å². The lowest BCUT2D eigenvalue weighted by Gasteiger charge is -2.40. The molecule has 0 aromatic heterocycles. The van der Waals surface area contributed by atoms with Gasteiger partial charge >= 0.3 is 0 Å². The second-order valence-electron chi connectivity index (χ2n) is 3.96. The van der Waals surface area contributed by atoms with Crippen molar-refractivity contribution < 1.29 is 25.2 Å². The van der Waals surface area contributed by atoms with Gasteiger partial charge in [0.25, 0.3) is 0 Å². The second kappa shape index (κ2) is 6.75. The van der Waals surface area contributed by atoms with Crippen LogP contribution in [0.25, 0.3) is 10.4 Å². The second-order valence-corrected chi connectivity index (χ2v) is 3.96. The fourth-order valence-electron chi connectivity index (χ4n) is 1.83. The van der Waals surface area contributed by atoms with E-state index in [1.54, 1.807) is 0 Å². The Morgan fingerprint density at radius 2 is 1.76 bits per heavy atom. The Hall–Kier alpha value is -0.890. The molecule has 1 aliphatic heterocycles. The number of ether oxygens (including phenoxy) is 1. The zero-order valence-corrected chi connectivity index (χ0v) is 9.25. The molecule has 0 unspecified atom stereocenters. The molecule has 0 spiro atoms. The molecule has 0 bridgehead atoms. The van der Waals surface area contributed by atoms with Gasteiger partial charge in [-0.1, -0.05) is 5.11 Å². The summed E-state index contributed by atoms with van der Waals surface area (Å²) in [7, 11) is 0. The van der Waals surface area contributed by atoms with Crippen LogP contribution in [0.1, 0.15) is 12.8 Å². The minimum absolute atomic E-state index is 0.269. The van der Waals surface area contributed by atoms with Crippen molar-refractivity contribution in [1.29, 1.82) is 0 Å². The van der Waals surface area contributed by atoms with Crippen molar-refractivity contribution >= 4 is 0 Å². The number of aliphatic hydroxyl groups excluding tert-OH is 4. The lowest BCUT2D eigenvalue weighted by Crippen LogP contribution is -2.58. The molecular weight excluding hydrogens is 230 g/mol. The van der Waals surface area contributed by atoms with E-state index in [0.717, 1.165) is 0 Å². The largest absolute Gasteiger partial charge is 0.394 e. The summed E-state index contributed by atoms with van der Waals surface area (Å²) in [6.07, 6.45) is -4.57. The summed E-state index contributed by atoms with van der Waals surface area (Å²) >= 11 is 0. The van der Waals surface area contributed by atoms with Crippen LogP contribution in [0.5, 0.6) is 0 Å². The lowest BCUT2D eigenvalue weighted by atomic mass is 9.93. The molecule has 8 heteroatoms. The van der Waals surface area contributed by atoms with Crippen LogP contribution in [-0.4, -0.2) is 64.1 Å². The van der Waals surface area contributed by atoms with E-state index >= 15 is 0 Å². The van der Waals surface area contributed by atoms with Crippen molar-refractivity contribution in [3.8, 4) is 0 Å². The Labute approximate surface area is 98.1 Å². The van der Waals surface area contributed by atoms with Gasteiger partial charge < -0.3 is 25.2 Å². The summed E-state index contributed by atoms with van der Waals surface area (Å²) in [6, 6.07) is 0. The van der Waals surface area contributed by atoms with Crippen LogP contribution >= 0.6 is 0 Å². The monoisotopic (exact) mass is 247 g/mol. The zero-order chi connectivity index (χ0) is 12.8. The maximum Gasteiger partial charge on any atom is 0.111 e. The van der Waals surface area contributed by atoms with Crippen molar-refractivity contribution in [3.05, 3.63) is 10.4 Å². The lowest BCUT2D eigenvalue weighted by molar-refractivity contribution is -0.230. The molecule has 1 heterocycles. The predicted octanol–water partition coefficient (Wildman–Crippen LogP) is -1.08. The van der Waals surface area contributed by atoms with Gasteiger partial charge in [-0.15, -0.1) is 0 Å². The number of hydrogen-bond acceptors (Lipinski definition) is 6. The highest BCUT2D eigenvalue weighted by Crippen LogP contribution is 2.23.